The maximum absolute atomic E-state index is 13.2. The molecule has 3 rings (SSSR count). The zero-order chi connectivity index (χ0) is 23.4. The van der Waals surface area contributed by atoms with Crippen molar-refractivity contribution in [2.75, 3.05) is 6.61 Å². The molecule has 32 heavy (non-hydrogen) atoms. The van der Waals surface area contributed by atoms with Crippen LogP contribution >= 0.6 is 15.9 Å². The maximum atomic E-state index is 13.2. The largest absolute Gasteiger partial charge is 0.481 e. The minimum atomic E-state index is -1.20. The molecule has 11 heteroatoms. The molecular formula is C21H19BrN4O6. The first-order valence-corrected chi connectivity index (χ1v) is 10.4. The number of hydrogen-bond acceptors (Lipinski definition) is 7. The molecule has 0 aliphatic carbocycles. The van der Waals surface area contributed by atoms with Crippen molar-refractivity contribution in [1.82, 2.24) is 9.66 Å². The van der Waals surface area contributed by atoms with Crippen LogP contribution in [0.1, 0.15) is 37.6 Å². The smallest absolute Gasteiger partial charge is 0.341 e. The number of carbonyl (C=O) groups is 1. The van der Waals surface area contributed by atoms with E-state index in [1.54, 1.807) is 18.2 Å². The summed E-state index contributed by atoms with van der Waals surface area (Å²) in [6, 6.07) is 8.85. The number of hydrogen-bond donors (Lipinski definition) is 1. The van der Waals surface area contributed by atoms with Crippen LogP contribution in [0.3, 0.4) is 0 Å². The Morgan fingerprint density at radius 1 is 1.38 bits per heavy atom. The van der Waals surface area contributed by atoms with E-state index in [0.717, 1.165) is 4.68 Å². The van der Waals surface area contributed by atoms with Gasteiger partial charge in [-0.05, 0) is 30.7 Å². The second kappa shape index (κ2) is 9.69. The predicted molar refractivity (Wildman–Crippen MR) is 122 cm³/mol. The molecule has 0 amide bonds. The topological polar surface area (TPSA) is 137 Å². The number of rotatable bonds is 8. The van der Waals surface area contributed by atoms with Crippen LogP contribution in [0.25, 0.3) is 10.9 Å². The molecule has 0 spiro atoms. The molecule has 0 bridgehead atoms. The van der Waals surface area contributed by atoms with E-state index in [4.69, 9.17) is 9.84 Å². The van der Waals surface area contributed by atoms with Gasteiger partial charge in [0, 0.05) is 28.1 Å². The van der Waals surface area contributed by atoms with Crippen LogP contribution in [0.4, 0.5) is 5.69 Å². The number of aliphatic carboxylic acids is 1. The van der Waals surface area contributed by atoms with Crippen molar-refractivity contribution in [3.8, 4) is 5.75 Å². The minimum absolute atomic E-state index is 0.0800. The summed E-state index contributed by atoms with van der Waals surface area (Å²) < 4.78 is 7.08. The second-order valence-corrected chi connectivity index (χ2v) is 7.88. The lowest BCUT2D eigenvalue weighted by Gasteiger charge is -2.14. The lowest BCUT2D eigenvalue weighted by molar-refractivity contribution is -0.384. The molecule has 1 N–H and O–H groups in total. The molecule has 0 aliphatic rings. The summed E-state index contributed by atoms with van der Waals surface area (Å²) >= 11 is 3.35. The number of nitro benzene ring substituents is 1. The van der Waals surface area contributed by atoms with Gasteiger partial charge in [-0.15, -0.1) is 0 Å². The predicted octanol–water partition coefficient (Wildman–Crippen LogP) is 3.93. The Labute approximate surface area is 190 Å². The second-order valence-electron chi connectivity index (χ2n) is 6.96. The highest BCUT2D eigenvalue weighted by Gasteiger charge is 2.17. The van der Waals surface area contributed by atoms with E-state index < -0.39 is 23.1 Å². The Morgan fingerprint density at radius 2 is 2.12 bits per heavy atom. The van der Waals surface area contributed by atoms with Crippen molar-refractivity contribution >= 4 is 44.7 Å². The average Bonchev–Trinajstić information content (AvgIpc) is 2.76. The van der Waals surface area contributed by atoms with Crippen molar-refractivity contribution in [2.24, 2.45) is 5.10 Å². The number of ether oxygens (including phenoxy) is 1. The van der Waals surface area contributed by atoms with E-state index in [1.807, 2.05) is 13.8 Å². The van der Waals surface area contributed by atoms with Crippen molar-refractivity contribution in [1.29, 1.82) is 0 Å². The van der Waals surface area contributed by atoms with Crippen LogP contribution in [0.2, 0.25) is 0 Å². The lowest BCUT2D eigenvalue weighted by atomic mass is 10.1. The fourth-order valence-corrected chi connectivity index (χ4v) is 3.28. The maximum Gasteiger partial charge on any atom is 0.341 e. The number of nitro groups is 1. The molecule has 0 aliphatic heterocycles. The molecule has 0 saturated heterocycles. The number of aromatic nitrogens is 2. The number of nitrogens with zero attached hydrogens (tertiary/aromatic N) is 4. The van der Waals surface area contributed by atoms with E-state index in [-0.39, 0.29) is 22.9 Å². The fraction of sp³-hybridized carbons (Fsp3) is 0.238. The van der Waals surface area contributed by atoms with Crippen LogP contribution in [-0.2, 0) is 4.79 Å². The average molecular weight is 503 g/mol. The number of carboxylic acids is 1. The highest BCUT2D eigenvalue weighted by atomic mass is 79.9. The number of carboxylic acid groups (broad SMARTS) is 1. The van der Waals surface area contributed by atoms with Gasteiger partial charge in [0.05, 0.1) is 22.0 Å². The van der Waals surface area contributed by atoms with Crippen molar-refractivity contribution in [3.63, 3.8) is 0 Å². The van der Waals surface area contributed by atoms with Crippen LogP contribution < -0.4 is 10.3 Å². The van der Waals surface area contributed by atoms with E-state index in [1.165, 1.54) is 24.4 Å². The highest BCUT2D eigenvalue weighted by Crippen LogP contribution is 2.24. The molecule has 3 aromatic rings. The first kappa shape index (κ1) is 23.1. The van der Waals surface area contributed by atoms with E-state index >= 15 is 0 Å². The number of fused-ring (bicyclic) bond motifs is 1. The number of non-ortho nitro benzene ring substituents is 1. The Balaban J connectivity index is 2.17. The third kappa shape index (κ3) is 4.99. The Morgan fingerprint density at radius 3 is 2.78 bits per heavy atom. The Hall–Kier alpha value is -3.60. The van der Waals surface area contributed by atoms with Gasteiger partial charge >= 0.3 is 5.97 Å². The highest BCUT2D eigenvalue weighted by molar-refractivity contribution is 9.10. The van der Waals surface area contributed by atoms with Gasteiger partial charge in [-0.2, -0.15) is 9.78 Å². The van der Waals surface area contributed by atoms with Gasteiger partial charge < -0.3 is 9.84 Å². The molecule has 1 heterocycles. The van der Waals surface area contributed by atoms with E-state index in [9.17, 15) is 19.7 Å². The van der Waals surface area contributed by atoms with Crippen LogP contribution in [0.5, 0.6) is 5.75 Å². The summed E-state index contributed by atoms with van der Waals surface area (Å²) in [5.74, 6) is -0.787. The fourth-order valence-electron chi connectivity index (χ4n) is 2.92. The van der Waals surface area contributed by atoms with Crippen LogP contribution in [-0.4, -0.2) is 38.5 Å². The minimum Gasteiger partial charge on any atom is -0.481 e. The van der Waals surface area contributed by atoms with Crippen LogP contribution in [0.15, 0.2) is 50.8 Å². The zero-order valence-corrected chi connectivity index (χ0v) is 18.8. The number of benzene rings is 2. The molecule has 1 atom stereocenters. The lowest BCUT2D eigenvalue weighted by Crippen LogP contribution is -2.23. The summed E-state index contributed by atoms with van der Waals surface area (Å²) in [6.07, 6.45) is 1.93. The molecular weight excluding hydrogens is 484 g/mol. The summed E-state index contributed by atoms with van der Waals surface area (Å²) in [4.78, 5) is 39.2. The molecule has 0 fully saturated rings. The van der Waals surface area contributed by atoms with Crippen LogP contribution in [0, 0.1) is 10.1 Å². The third-order valence-corrected chi connectivity index (χ3v) is 5.25. The summed E-state index contributed by atoms with van der Waals surface area (Å²) in [5.41, 5.74) is 0.0445. The monoisotopic (exact) mass is 502 g/mol. The quantitative estimate of drug-likeness (QED) is 0.279. The molecule has 2 aromatic carbocycles. The van der Waals surface area contributed by atoms with Crippen molar-refractivity contribution in [3.05, 3.63) is 72.7 Å². The van der Waals surface area contributed by atoms with Gasteiger partial charge in [-0.1, -0.05) is 29.8 Å². The molecule has 166 valence electrons. The molecule has 0 radical (unpaired) electrons. The zero-order valence-electron chi connectivity index (χ0n) is 17.2. The third-order valence-electron chi connectivity index (χ3n) is 4.75. The summed E-state index contributed by atoms with van der Waals surface area (Å²) in [5, 5.41) is 24.7. The Bertz CT molecular complexity index is 1290. The summed E-state index contributed by atoms with van der Waals surface area (Å²) in [7, 11) is 0. The van der Waals surface area contributed by atoms with E-state index in [2.05, 4.69) is 26.0 Å². The van der Waals surface area contributed by atoms with E-state index in [0.29, 0.717) is 27.6 Å². The molecule has 10 nitrogen and oxygen atoms in total. The normalized spacial score (nSPS) is 12.2. The number of halogens is 1. The van der Waals surface area contributed by atoms with Gasteiger partial charge in [0.25, 0.3) is 11.2 Å². The van der Waals surface area contributed by atoms with Gasteiger partial charge in [0.2, 0.25) is 0 Å². The molecule has 0 saturated carbocycles. The molecule has 0 unspecified atom stereocenters. The first-order chi connectivity index (χ1) is 15.2. The van der Waals surface area contributed by atoms with Gasteiger partial charge in [-0.25, -0.2) is 9.78 Å². The van der Waals surface area contributed by atoms with Crippen molar-refractivity contribution < 1.29 is 19.6 Å². The van der Waals surface area contributed by atoms with Gasteiger partial charge in [0.1, 0.15) is 11.6 Å². The SMILES string of the molecule is CC[C@H](C)c1nc2ccc(Br)cc2c(=O)n1N=Cc1cc([N+](=O)[O-])ccc1OCC(=O)O. The Kier molecular flexibility index (Phi) is 6.98. The molecule has 1 aromatic heterocycles. The first-order valence-electron chi connectivity index (χ1n) is 9.60. The van der Waals surface area contributed by atoms with Gasteiger partial charge in [0.15, 0.2) is 6.61 Å². The van der Waals surface area contributed by atoms with Gasteiger partial charge in [-0.3, -0.25) is 14.9 Å². The van der Waals surface area contributed by atoms with Crippen molar-refractivity contribution in [2.45, 2.75) is 26.2 Å². The summed E-state index contributed by atoms with van der Waals surface area (Å²) in [6.45, 7) is 3.23. The standard InChI is InChI=1S/C21H19BrN4O6/c1-3-12(2)20-24-17-6-4-14(22)9-16(17)21(29)25(20)23-10-13-8-15(26(30)31)5-7-18(13)32-11-19(27)28/h4-10,12H,3,11H2,1-2H3,(H,27,28)/t12-/m0/s1.